The summed E-state index contributed by atoms with van der Waals surface area (Å²) in [6.07, 6.45) is 3.05. The van der Waals surface area contributed by atoms with Crippen LogP contribution in [-0.2, 0) is 6.42 Å². The van der Waals surface area contributed by atoms with Crippen molar-refractivity contribution >= 4 is 45.5 Å². The van der Waals surface area contributed by atoms with Gasteiger partial charge in [0.25, 0.3) is 0 Å². The number of thiazole rings is 1. The minimum absolute atomic E-state index is 0.00219. The van der Waals surface area contributed by atoms with E-state index in [0.717, 1.165) is 30.0 Å². The van der Waals surface area contributed by atoms with Gasteiger partial charge in [-0.05, 0) is 43.4 Å². The van der Waals surface area contributed by atoms with Crippen LogP contribution in [0.4, 0.5) is 16.8 Å². The van der Waals surface area contributed by atoms with Crippen molar-refractivity contribution in [1.82, 2.24) is 15.0 Å². The second kappa shape index (κ2) is 8.70. The molecule has 0 saturated carbocycles. The van der Waals surface area contributed by atoms with E-state index in [1.54, 1.807) is 6.20 Å². The van der Waals surface area contributed by atoms with Gasteiger partial charge in [0.05, 0.1) is 11.1 Å². The number of hydrogen-bond donors (Lipinski definition) is 1. The van der Waals surface area contributed by atoms with E-state index in [-0.39, 0.29) is 12.2 Å². The second-order valence-electron chi connectivity index (χ2n) is 7.79. The molecule has 1 aromatic carbocycles. The van der Waals surface area contributed by atoms with Crippen molar-refractivity contribution in [2.75, 3.05) is 23.3 Å². The molecule has 0 radical (unpaired) electrons. The number of nitrogens with zero attached hydrogens (tertiary/aromatic N) is 4. The molecule has 8 heteroatoms. The van der Waals surface area contributed by atoms with Crippen LogP contribution in [0.1, 0.15) is 40.0 Å². The van der Waals surface area contributed by atoms with Gasteiger partial charge in [0, 0.05) is 30.6 Å². The number of hydrogen-bond acceptors (Lipinski definition) is 7. The summed E-state index contributed by atoms with van der Waals surface area (Å²) >= 11 is 7.59. The average molecular weight is 442 g/mol. The zero-order valence-electron chi connectivity index (χ0n) is 17.3. The summed E-state index contributed by atoms with van der Waals surface area (Å²) in [7, 11) is 0. The molecule has 3 heterocycles. The lowest BCUT2D eigenvalue weighted by Crippen LogP contribution is -2.21. The molecule has 3 aromatic rings. The number of benzene rings is 1. The quantitative estimate of drug-likeness (QED) is 0.529. The molecule has 0 aliphatic carbocycles. The first-order valence-corrected chi connectivity index (χ1v) is 11.2. The highest BCUT2D eigenvalue weighted by atomic mass is 35.5. The van der Waals surface area contributed by atoms with Crippen LogP contribution >= 0.6 is 22.9 Å². The summed E-state index contributed by atoms with van der Waals surface area (Å²) in [5, 5.41) is 4.48. The predicted molar refractivity (Wildman–Crippen MR) is 122 cm³/mol. The van der Waals surface area contributed by atoms with Crippen molar-refractivity contribution in [2.45, 2.75) is 33.6 Å². The van der Waals surface area contributed by atoms with Crippen LogP contribution in [0.2, 0.25) is 5.02 Å². The molecule has 156 valence electrons. The molecule has 0 bridgehead atoms. The van der Waals surface area contributed by atoms with E-state index >= 15 is 0 Å². The van der Waals surface area contributed by atoms with Crippen LogP contribution in [0.15, 0.2) is 30.5 Å². The van der Waals surface area contributed by atoms with Crippen LogP contribution in [0.25, 0.3) is 0 Å². The lowest BCUT2D eigenvalue weighted by atomic mass is 10.0. The van der Waals surface area contributed by atoms with Gasteiger partial charge in [0.15, 0.2) is 10.9 Å². The number of halogens is 1. The van der Waals surface area contributed by atoms with E-state index in [4.69, 9.17) is 11.6 Å². The van der Waals surface area contributed by atoms with Crippen molar-refractivity contribution in [3.05, 3.63) is 57.3 Å². The maximum Gasteiger partial charge on any atom is 0.188 e. The third-order valence-electron chi connectivity index (χ3n) is 5.28. The second-order valence-corrected chi connectivity index (χ2v) is 9.23. The van der Waals surface area contributed by atoms with Crippen LogP contribution in [0.5, 0.6) is 0 Å². The van der Waals surface area contributed by atoms with Crippen molar-refractivity contribution in [3.8, 4) is 0 Å². The summed E-state index contributed by atoms with van der Waals surface area (Å²) in [5.41, 5.74) is 1.88. The van der Waals surface area contributed by atoms with Crippen LogP contribution < -0.4 is 10.2 Å². The molecule has 1 N–H and O–H groups in total. The zero-order chi connectivity index (χ0) is 21.3. The van der Waals surface area contributed by atoms with Crippen LogP contribution in [-0.4, -0.2) is 33.8 Å². The van der Waals surface area contributed by atoms with Crippen molar-refractivity contribution < 1.29 is 4.79 Å². The predicted octanol–water partition coefficient (Wildman–Crippen LogP) is 5.22. The Morgan fingerprint density at radius 1 is 1.33 bits per heavy atom. The van der Waals surface area contributed by atoms with Gasteiger partial charge in [-0.2, -0.15) is 0 Å². The Bertz CT molecular complexity index is 1060. The highest BCUT2D eigenvalue weighted by molar-refractivity contribution is 7.17. The van der Waals surface area contributed by atoms with E-state index in [1.165, 1.54) is 17.8 Å². The Kier molecular flexibility index (Phi) is 6.01. The summed E-state index contributed by atoms with van der Waals surface area (Å²) in [6, 6.07) is 7.61. The fraction of sp³-hybridized carbons (Fsp3) is 0.364. The number of aryl methyl sites for hydroxylation is 2. The number of carbonyl (C=O) groups is 1. The first-order valence-electron chi connectivity index (χ1n) is 9.99. The maximum absolute atomic E-state index is 12.7. The molecule has 2 aromatic heterocycles. The Hall–Kier alpha value is -2.51. The van der Waals surface area contributed by atoms with Crippen molar-refractivity contribution in [2.24, 2.45) is 5.92 Å². The molecule has 1 aliphatic heterocycles. The fourth-order valence-corrected chi connectivity index (χ4v) is 4.68. The van der Waals surface area contributed by atoms with Gasteiger partial charge < -0.3 is 10.2 Å². The third kappa shape index (κ3) is 4.63. The Balaban J connectivity index is 1.48. The SMILES string of the molecule is Cc1nc(Nc2ncc(C(=O)Cc3c(C)cccc3Cl)s2)cc(N2CC[C@H](C)C2)n1. The van der Waals surface area contributed by atoms with Gasteiger partial charge in [0.2, 0.25) is 0 Å². The zero-order valence-corrected chi connectivity index (χ0v) is 18.8. The number of rotatable bonds is 6. The maximum atomic E-state index is 12.7. The van der Waals surface area contributed by atoms with Crippen molar-refractivity contribution in [1.29, 1.82) is 0 Å². The highest BCUT2D eigenvalue weighted by Crippen LogP contribution is 2.28. The lowest BCUT2D eigenvalue weighted by molar-refractivity contribution is 0.0996. The van der Waals surface area contributed by atoms with Gasteiger partial charge in [-0.15, -0.1) is 0 Å². The number of anilines is 3. The normalized spacial score (nSPS) is 16.1. The van der Waals surface area contributed by atoms with Gasteiger partial charge in [-0.25, -0.2) is 15.0 Å². The summed E-state index contributed by atoms with van der Waals surface area (Å²) in [4.78, 5) is 29.1. The standard InChI is InChI=1S/C22H24ClN5OS/c1-13-7-8-28(12-13)21-10-20(25-15(3)26-21)27-22-24-11-19(30-22)18(29)9-16-14(2)5-4-6-17(16)23/h4-6,10-11,13H,7-9,12H2,1-3H3,(H,24,25,26,27)/t13-/m0/s1. The molecule has 4 rings (SSSR count). The molecule has 1 aliphatic rings. The van der Waals surface area contributed by atoms with Crippen LogP contribution in [0.3, 0.4) is 0 Å². The van der Waals surface area contributed by atoms with Crippen LogP contribution in [0, 0.1) is 19.8 Å². The Morgan fingerprint density at radius 3 is 2.90 bits per heavy atom. The number of Topliss-reactive ketones (excluding diaryl/α,β-unsaturated/α-hetero) is 1. The lowest BCUT2D eigenvalue weighted by Gasteiger charge is -2.18. The first kappa shape index (κ1) is 20.8. The average Bonchev–Trinajstić information content (AvgIpc) is 3.33. The van der Waals surface area contributed by atoms with E-state index < -0.39 is 0 Å². The molecule has 1 saturated heterocycles. The topological polar surface area (TPSA) is 71.0 Å². The number of nitrogens with one attached hydrogen (secondary N) is 1. The summed E-state index contributed by atoms with van der Waals surface area (Å²) in [5.74, 6) is 2.99. The van der Waals surface area contributed by atoms with E-state index in [9.17, 15) is 4.79 Å². The monoisotopic (exact) mass is 441 g/mol. The molecule has 0 unspecified atom stereocenters. The number of ketones is 1. The Morgan fingerprint density at radius 2 is 2.17 bits per heavy atom. The highest BCUT2D eigenvalue weighted by Gasteiger charge is 2.21. The minimum atomic E-state index is 0.00219. The fourth-order valence-electron chi connectivity index (χ4n) is 3.63. The number of aromatic nitrogens is 3. The van der Waals surface area contributed by atoms with E-state index in [0.29, 0.717) is 32.6 Å². The van der Waals surface area contributed by atoms with Crippen molar-refractivity contribution in [3.63, 3.8) is 0 Å². The molecular formula is C22H24ClN5OS. The molecule has 6 nitrogen and oxygen atoms in total. The van der Waals surface area contributed by atoms with Gasteiger partial charge in [0.1, 0.15) is 17.5 Å². The van der Waals surface area contributed by atoms with E-state index in [2.05, 4.69) is 32.1 Å². The largest absolute Gasteiger partial charge is 0.356 e. The summed E-state index contributed by atoms with van der Waals surface area (Å²) < 4.78 is 0. The first-order chi connectivity index (χ1) is 14.4. The van der Waals surface area contributed by atoms with Gasteiger partial charge in [-0.3, -0.25) is 4.79 Å². The van der Waals surface area contributed by atoms with E-state index in [1.807, 2.05) is 38.1 Å². The smallest absolute Gasteiger partial charge is 0.188 e. The molecule has 1 atom stereocenters. The van der Waals surface area contributed by atoms with Gasteiger partial charge in [-0.1, -0.05) is 42.0 Å². The summed E-state index contributed by atoms with van der Waals surface area (Å²) in [6.45, 7) is 8.12. The Labute approximate surface area is 185 Å². The third-order valence-corrected chi connectivity index (χ3v) is 6.59. The number of carbonyl (C=O) groups excluding carboxylic acids is 1. The molecular weight excluding hydrogens is 418 g/mol. The molecule has 0 spiro atoms. The van der Waals surface area contributed by atoms with Gasteiger partial charge >= 0.3 is 0 Å². The molecule has 30 heavy (non-hydrogen) atoms. The minimum Gasteiger partial charge on any atom is -0.356 e. The molecule has 0 amide bonds. The molecule has 1 fully saturated rings.